The second-order valence-corrected chi connectivity index (χ2v) is 3.18. The average molecular weight is 178 g/mol. The lowest BCUT2D eigenvalue weighted by Crippen LogP contribution is -2.38. The molecular weight excluding hydrogens is 168 g/mol. The van der Waals surface area contributed by atoms with Gasteiger partial charge in [0, 0.05) is 7.05 Å². The van der Waals surface area contributed by atoms with Crippen molar-refractivity contribution in [2.45, 2.75) is 13.0 Å². The van der Waals surface area contributed by atoms with Crippen LogP contribution in [0, 0.1) is 0 Å². The molecular formula is C9H10N2O2. The third-order valence-corrected chi connectivity index (χ3v) is 2.38. The molecule has 1 aliphatic heterocycles. The summed E-state index contributed by atoms with van der Waals surface area (Å²) in [6.45, 7) is 1.81. The first-order chi connectivity index (χ1) is 6.11. The Labute approximate surface area is 75.9 Å². The minimum atomic E-state index is -0.412. The van der Waals surface area contributed by atoms with Gasteiger partial charge in [-0.2, -0.15) is 0 Å². The topological polar surface area (TPSA) is 52.9 Å². The van der Waals surface area contributed by atoms with E-state index >= 15 is 0 Å². The van der Waals surface area contributed by atoms with E-state index in [2.05, 4.69) is 4.99 Å². The smallest absolute Gasteiger partial charge is 0.184 e. The number of amidine groups is 1. The van der Waals surface area contributed by atoms with E-state index in [1.807, 2.05) is 6.92 Å². The number of aliphatic hydroxyl groups excluding tert-OH is 1. The van der Waals surface area contributed by atoms with Gasteiger partial charge in [0.1, 0.15) is 23.3 Å². The predicted octanol–water partition coefficient (Wildman–Crippen LogP) is 0.627. The Hall–Kier alpha value is -1.58. The van der Waals surface area contributed by atoms with Crippen molar-refractivity contribution in [3.63, 3.8) is 0 Å². The highest BCUT2D eigenvalue weighted by atomic mass is 16.3. The zero-order chi connectivity index (χ0) is 9.59. The van der Waals surface area contributed by atoms with Crippen molar-refractivity contribution in [2.24, 2.45) is 4.99 Å². The highest BCUT2D eigenvalue weighted by Crippen LogP contribution is 2.26. The number of aliphatic imine (C=N–C) groups is 1. The molecule has 0 amide bonds. The van der Waals surface area contributed by atoms with Crippen LogP contribution in [-0.2, 0) is 4.79 Å². The monoisotopic (exact) mass is 178 g/mol. The Bertz CT molecular complexity index is 366. The third kappa shape index (κ3) is 0.983. The Kier molecular flexibility index (Phi) is 1.52. The number of hydrogen-bond acceptors (Lipinski definition) is 4. The number of aliphatic hydroxyl groups is 1. The Balaban J connectivity index is 2.52. The maximum atomic E-state index is 11.4. The lowest BCUT2D eigenvalue weighted by Gasteiger charge is -2.21. The fourth-order valence-corrected chi connectivity index (χ4v) is 1.55. The summed E-state index contributed by atoms with van der Waals surface area (Å²) in [5.74, 6) is 0.813. The number of carbonyl (C=O) groups is 1. The highest BCUT2D eigenvalue weighted by molar-refractivity contribution is 6.03. The summed E-state index contributed by atoms with van der Waals surface area (Å²) in [6, 6.07) is -0.412. The summed E-state index contributed by atoms with van der Waals surface area (Å²) in [5.41, 5.74) is 0.465. The normalized spacial score (nSPS) is 26.6. The van der Waals surface area contributed by atoms with Gasteiger partial charge in [0.05, 0.1) is 0 Å². The van der Waals surface area contributed by atoms with Crippen molar-refractivity contribution in [1.82, 2.24) is 4.90 Å². The second kappa shape index (κ2) is 2.45. The van der Waals surface area contributed by atoms with E-state index in [-0.39, 0.29) is 11.5 Å². The van der Waals surface area contributed by atoms with Crippen LogP contribution < -0.4 is 0 Å². The van der Waals surface area contributed by atoms with Crippen molar-refractivity contribution in [2.75, 3.05) is 7.05 Å². The number of hydrogen-bond donors (Lipinski definition) is 1. The van der Waals surface area contributed by atoms with E-state index in [4.69, 9.17) is 0 Å². The average Bonchev–Trinajstić information content (AvgIpc) is 2.38. The SMILES string of the molecule is CC1=NC2=C(O)C=CC(=O)[C@H]2N1C. The molecule has 0 fully saturated rings. The van der Waals surface area contributed by atoms with E-state index in [1.165, 1.54) is 12.2 Å². The van der Waals surface area contributed by atoms with Crippen LogP contribution in [0.4, 0.5) is 0 Å². The fraction of sp³-hybridized carbons (Fsp3) is 0.333. The summed E-state index contributed by atoms with van der Waals surface area (Å²) < 4.78 is 0. The largest absolute Gasteiger partial charge is 0.506 e. The molecule has 0 radical (unpaired) electrons. The van der Waals surface area contributed by atoms with Gasteiger partial charge in [0.2, 0.25) is 0 Å². The fourth-order valence-electron chi connectivity index (χ4n) is 1.55. The molecule has 4 nitrogen and oxygen atoms in total. The zero-order valence-electron chi connectivity index (χ0n) is 7.48. The van der Waals surface area contributed by atoms with Gasteiger partial charge in [-0.25, -0.2) is 4.99 Å². The summed E-state index contributed by atoms with van der Waals surface area (Å²) in [7, 11) is 1.79. The molecule has 0 aromatic carbocycles. The molecule has 0 aromatic rings. The van der Waals surface area contributed by atoms with Crippen LogP contribution in [0.5, 0.6) is 0 Å². The predicted molar refractivity (Wildman–Crippen MR) is 48.5 cm³/mol. The number of nitrogens with zero attached hydrogens (tertiary/aromatic N) is 2. The molecule has 1 aliphatic carbocycles. The van der Waals surface area contributed by atoms with E-state index in [0.29, 0.717) is 5.70 Å². The number of allylic oxidation sites excluding steroid dienone is 1. The molecule has 0 saturated heterocycles. The Morgan fingerprint density at radius 1 is 1.54 bits per heavy atom. The molecule has 0 aromatic heterocycles. The number of rotatable bonds is 0. The van der Waals surface area contributed by atoms with Gasteiger partial charge in [0.25, 0.3) is 0 Å². The minimum Gasteiger partial charge on any atom is -0.506 e. The van der Waals surface area contributed by atoms with Crippen molar-refractivity contribution in [1.29, 1.82) is 0 Å². The van der Waals surface area contributed by atoms with Gasteiger partial charge < -0.3 is 10.0 Å². The van der Waals surface area contributed by atoms with Crippen LogP contribution >= 0.6 is 0 Å². The summed E-state index contributed by atoms with van der Waals surface area (Å²) in [5, 5.41) is 9.44. The molecule has 1 heterocycles. The maximum Gasteiger partial charge on any atom is 0.184 e. The quantitative estimate of drug-likeness (QED) is 0.591. The van der Waals surface area contributed by atoms with Crippen LogP contribution in [0.25, 0.3) is 0 Å². The summed E-state index contributed by atoms with van der Waals surface area (Å²) >= 11 is 0. The van der Waals surface area contributed by atoms with Crippen molar-refractivity contribution in [3.8, 4) is 0 Å². The number of carbonyl (C=O) groups excluding carboxylic acids is 1. The van der Waals surface area contributed by atoms with Crippen molar-refractivity contribution < 1.29 is 9.90 Å². The lowest BCUT2D eigenvalue weighted by atomic mass is 10.0. The molecule has 1 N–H and O–H groups in total. The van der Waals surface area contributed by atoms with Gasteiger partial charge >= 0.3 is 0 Å². The molecule has 4 heteroatoms. The van der Waals surface area contributed by atoms with Gasteiger partial charge in [-0.15, -0.1) is 0 Å². The molecule has 2 aliphatic rings. The molecule has 0 saturated carbocycles. The standard InChI is InChI=1S/C9H10N2O2/c1-5-10-8-6(12)3-4-7(13)9(8)11(5)2/h3-4,9,12H,1-2H3/t9-/m1/s1. The second-order valence-electron chi connectivity index (χ2n) is 3.18. The van der Waals surface area contributed by atoms with Gasteiger partial charge in [-0.1, -0.05) is 0 Å². The van der Waals surface area contributed by atoms with E-state index in [1.54, 1.807) is 11.9 Å². The van der Waals surface area contributed by atoms with Crippen molar-refractivity contribution in [3.05, 3.63) is 23.6 Å². The first kappa shape index (κ1) is 8.04. The molecule has 68 valence electrons. The van der Waals surface area contributed by atoms with Crippen LogP contribution in [0.3, 0.4) is 0 Å². The number of fused-ring (bicyclic) bond motifs is 1. The van der Waals surface area contributed by atoms with E-state index in [0.717, 1.165) is 5.84 Å². The highest BCUT2D eigenvalue weighted by Gasteiger charge is 2.35. The molecule has 13 heavy (non-hydrogen) atoms. The minimum absolute atomic E-state index is 0.0316. The zero-order valence-corrected chi connectivity index (χ0v) is 7.48. The lowest BCUT2D eigenvalue weighted by molar-refractivity contribution is -0.117. The van der Waals surface area contributed by atoms with Gasteiger partial charge in [-0.05, 0) is 19.1 Å². The van der Waals surface area contributed by atoms with Crippen molar-refractivity contribution >= 4 is 11.6 Å². The molecule has 0 unspecified atom stereocenters. The Morgan fingerprint density at radius 2 is 2.23 bits per heavy atom. The van der Waals surface area contributed by atoms with Gasteiger partial charge in [0.15, 0.2) is 5.78 Å². The third-order valence-electron chi connectivity index (χ3n) is 2.38. The Morgan fingerprint density at radius 3 is 2.85 bits per heavy atom. The van der Waals surface area contributed by atoms with E-state index < -0.39 is 6.04 Å². The van der Waals surface area contributed by atoms with Crippen LogP contribution in [0.15, 0.2) is 28.6 Å². The number of ketones is 1. The first-order valence-electron chi connectivity index (χ1n) is 4.04. The number of likely N-dealkylation sites (N-methyl/N-ethyl adjacent to an activating group) is 1. The van der Waals surface area contributed by atoms with E-state index in [9.17, 15) is 9.90 Å². The van der Waals surface area contributed by atoms with Crippen LogP contribution in [-0.4, -0.2) is 34.7 Å². The van der Waals surface area contributed by atoms with Gasteiger partial charge in [-0.3, -0.25) is 4.79 Å². The first-order valence-corrected chi connectivity index (χ1v) is 4.04. The molecule has 1 atom stereocenters. The molecule has 0 bridgehead atoms. The molecule has 0 spiro atoms. The maximum absolute atomic E-state index is 11.4. The summed E-state index contributed by atoms with van der Waals surface area (Å²) in [6.07, 6.45) is 2.78. The van der Waals surface area contributed by atoms with Crippen LogP contribution in [0.2, 0.25) is 0 Å². The summed E-state index contributed by atoms with van der Waals surface area (Å²) in [4.78, 5) is 17.3. The molecule has 2 rings (SSSR count). The van der Waals surface area contributed by atoms with Crippen LogP contribution in [0.1, 0.15) is 6.92 Å².